The Bertz CT molecular complexity index is 1190. The Morgan fingerprint density at radius 1 is 1.11 bits per heavy atom. The van der Waals surface area contributed by atoms with Crippen molar-refractivity contribution in [2.45, 2.75) is 83.5 Å². The second-order valence-corrected chi connectivity index (χ2v) is 15.5. The van der Waals surface area contributed by atoms with E-state index in [4.69, 9.17) is 13.9 Å². The van der Waals surface area contributed by atoms with Crippen LogP contribution in [0, 0.1) is 6.92 Å². The number of aromatic nitrogens is 2. The SMILES string of the molecule is Cc1cn(C2O[C@H](CO[Si](C)(C)C(C)(C)C)[C@@H](O)[C@H]2O)c(=O)n(CC(=O)OCc2ccccc2)c1=O. The molecule has 1 unspecified atom stereocenters. The summed E-state index contributed by atoms with van der Waals surface area (Å²) >= 11 is 0. The first-order valence-electron chi connectivity index (χ1n) is 11.9. The fraction of sp³-hybridized carbons (Fsp3) is 0.560. The van der Waals surface area contributed by atoms with Crippen molar-refractivity contribution in [1.29, 1.82) is 0 Å². The lowest BCUT2D eigenvalue weighted by atomic mass is 10.1. The summed E-state index contributed by atoms with van der Waals surface area (Å²) in [5.41, 5.74) is -0.581. The van der Waals surface area contributed by atoms with E-state index in [1.54, 1.807) is 24.3 Å². The largest absolute Gasteiger partial charge is 0.459 e. The van der Waals surface area contributed by atoms with Crippen molar-refractivity contribution < 1.29 is 28.9 Å². The molecule has 0 radical (unpaired) electrons. The van der Waals surface area contributed by atoms with Gasteiger partial charge in [-0.3, -0.25) is 14.2 Å². The van der Waals surface area contributed by atoms with Gasteiger partial charge in [0.05, 0.1) is 6.61 Å². The van der Waals surface area contributed by atoms with Crippen molar-refractivity contribution >= 4 is 14.3 Å². The highest BCUT2D eigenvalue weighted by Gasteiger charge is 2.46. The molecule has 0 aliphatic carbocycles. The molecule has 0 spiro atoms. The molecule has 1 aromatic carbocycles. The summed E-state index contributed by atoms with van der Waals surface area (Å²) in [7, 11) is -2.15. The van der Waals surface area contributed by atoms with Crippen LogP contribution in [-0.4, -0.2) is 58.6 Å². The van der Waals surface area contributed by atoms with Gasteiger partial charge in [-0.05, 0) is 30.6 Å². The van der Waals surface area contributed by atoms with Crippen molar-refractivity contribution in [2.24, 2.45) is 0 Å². The van der Waals surface area contributed by atoms with Gasteiger partial charge in [0.2, 0.25) is 0 Å². The number of hydrogen-bond acceptors (Lipinski definition) is 8. The van der Waals surface area contributed by atoms with Gasteiger partial charge in [0, 0.05) is 11.8 Å². The second kappa shape index (κ2) is 10.8. The fourth-order valence-electron chi connectivity index (χ4n) is 3.60. The van der Waals surface area contributed by atoms with Gasteiger partial charge in [0.1, 0.15) is 31.5 Å². The Morgan fingerprint density at radius 2 is 1.75 bits per heavy atom. The Labute approximate surface area is 211 Å². The number of esters is 1. The molecule has 2 heterocycles. The zero-order valence-corrected chi connectivity index (χ0v) is 22.6. The maximum atomic E-state index is 13.2. The summed E-state index contributed by atoms with van der Waals surface area (Å²) < 4.78 is 19.0. The first-order chi connectivity index (χ1) is 16.7. The van der Waals surface area contributed by atoms with Crippen molar-refractivity contribution in [3.63, 3.8) is 0 Å². The molecule has 1 aliphatic heterocycles. The molecule has 1 fully saturated rings. The van der Waals surface area contributed by atoms with E-state index < -0.39 is 56.6 Å². The van der Waals surface area contributed by atoms with Gasteiger partial charge < -0.3 is 24.1 Å². The number of nitrogens with zero attached hydrogens (tertiary/aromatic N) is 2. The van der Waals surface area contributed by atoms with Crippen LogP contribution >= 0.6 is 0 Å². The zero-order chi connectivity index (χ0) is 26.8. The van der Waals surface area contributed by atoms with Crippen LogP contribution in [0.4, 0.5) is 0 Å². The lowest BCUT2D eigenvalue weighted by Crippen LogP contribution is -2.45. The van der Waals surface area contributed by atoms with Crippen LogP contribution in [-0.2, 0) is 31.8 Å². The number of carbonyl (C=O) groups excluding carboxylic acids is 1. The summed E-state index contributed by atoms with van der Waals surface area (Å²) in [5, 5.41) is 21.2. The van der Waals surface area contributed by atoms with Gasteiger partial charge >= 0.3 is 11.7 Å². The quantitative estimate of drug-likeness (QED) is 0.398. The minimum absolute atomic E-state index is 0.000972. The fourth-order valence-corrected chi connectivity index (χ4v) is 4.61. The lowest BCUT2D eigenvalue weighted by Gasteiger charge is -2.37. The Kier molecular flexibility index (Phi) is 8.41. The average Bonchev–Trinajstić information content (AvgIpc) is 3.10. The van der Waals surface area contributed by atoms with Crippen LogP contribution in [0.3, 0.4) is 0 Å². The second-order valence-electron chi connectivity index (χ2n) is 10.7. The Morgan fingerprint density at radius 3 is 2.36 bits per heavy atom. The number of aryl methyl sites for hydroxylation is 1. The monoisotopic (exact) mass is 520 g/mol. The first kappa shape index (κ1) is 28.0. The van der Waals surface area contributed by atoms with E-state index in [9.17, 15) is 24.6 Å². The minimum atomic E-state index is -2.15. The molecule has 11 heteroatoms. The molecule has 2 N–H and O–H groups in total. The molecule has 0 bridgehead atoms. The number of rotatable bonds is 8. The van der Waals surface area contributed by atoms with Crippen molar-refractivity contribution in [3.8, 4) is 0 Å². The van der Waals surface area contributed by atoms with E-state index in [0.717, 1.165) is 14.7 Å². The summed E-state index contributed by atoms with van der Waals surface area (Å²) in [6.07, 6.45) is -3.61. The number of aliphatic hydroxyl groups is 2. The van der Waals surface area contributed by atoms with Crippen LogP contribution in [0.25, 0.3) is 0 Å². The third-order valence-corrected chi connectivity index (χ3v) is 11.4. The Balaban J connectivity index is 1.78. The van der Waals surface area contributed by atoms with Gasteiger partial charge in [0.25, 0.3) is 5.56 Å². The predicted molar refractivity (Wildman–Crippen MR) is 135 cm³/mol. The number of hydrogen-bond donors (Lipinski definition) is 2. The normalized spacial score (nSPS) is 22.6. The highest BCUT2D eigenvalue weighted by Crippen LogP contribution is 2.37. The summed E-state index contributed by atoms with van der Waals surface area (Å²) in [6, 6.07) is 9.02. The highest BCUT2D eigenvalue weighted by atomic mass is 28.4. The topological polar surface area (TPSA) is 129 Å². The van der Waals surface area contributed by atoms with Gasteiger partial charge in [-0.25, -0.2) is 9.36 Å². The van der Waals surface area contributed by atoms with Crippen LogP contribution < -0.4 is 11.2 Å². The maximum Gasteiger partial charge on any atom is 0.333 e. The molecule has 198 valence electrons. The molecule has 1 aliphatic rings. The van der Waals surface area contributed by atoms with Crippen LogP contribution in [0.5, 0.6) is 0 Å². The molecule has 0 saturated carbocycles. The zero-order valence-electron chi connectivity index (χ0n) is 21.6. The average molecular weight is 521 g/mol. The molecule has 1 aromatic heterocycles. The third kappa shape index (κ3) is 6.04. The van der Waals surface area contributed by atoms with Crippen LogP contribution in [0.1, 0.15) is 38.1 Å². The van der Waals surface area contributed by atoms with E-state index in [2.05, 4.69) is 33.9 Å². The molecule has 1 saturated heterocycles. The number of aliphatic hydroxyl groups excluding tert-OH is 2. The van der Waals surface area contributed by atoms with E-state index in [1.807, 2.05) is 6.07 Å². The molecule has 3 rings (SSSR count). The molecule has 0 amide bonds. The highest BCUT2D eigenvalue weighted by molar-refractivity contribution is 6.74. The summed E-state index contributed by atoms with van der Waals surface area (Å²) in [6.45, 7) is 11.3. The van der Waals surface area contributed by atoms with E-state index in [0.29, 0.717) is 0 Å². The van der Waals surface area contributed by atoms with Gasteiger partial charge in [-0.15, -0.1) is 0 Å². The lowest BCUT2D eigenvalue weighted by molar-refractivity contribution is -0.145. The number of benzene rings is 1. The standard InChI is InChI=1S/C25H36N2O8Si/c1-16-12-27(23-21(30)20(29)18(35-23)15-34-36(5,6)25(2,3)4)24(32)26(22(16)31)13-19(28)33-14-17-10-8-7-9-11-17/h7-12,18,20-21,23,29-30H,13-15H2,1-6H3/t18-,20-,21-,23?/m1/s1. The number of ether oxygens (including phenoxy) is 2. The van der Waals surface area contributed by atoms with Crippen molar-refractivity contribution in [1.82, 2.24) is 9.13 Å². The summed E-state index contributed by atoms with van der Waals surface area (Å²) in [5.74, 6) is -0.760. The van der Waals surface area contributed by atoms with Crippen LogP contribution in [0.15, 0.2) is 46.1 Å². The molecule has 10 nitrogen and oxygen atoms in total. The van der Waals surface area contributed by atoms with Gasteiger partial charge in [-0.1, -0.05) is 51.1 Å². The molecular formula is C25H36N2O8Si. The van der Waals surface area contributed by atoms with Gasteiger partial charge in [-0.2, -0.15) is 0 Å². The minimum Gasteiger partial charge on any atom is -0.459 e. The molecule has 2 aromatic rings. The van der Waals surface area contributed by atoms with E-state index >= 15 is 0 Å². The summed E-state index contributed by atoms with van der Waals surface area (Å²) in [4.78, 5) is 38.2. The predicted octanol–water partition coefficient (Wildman–Crippen LogP) is 1.70. The van der Waals surface area contributed by atoms with E-state index in [-0.39, 0.29) is 23.8 Å². The van der Waals surface area contributed by atoms with Crippen molar-refractivity contribution in [3.05, 3.63) is 68.5 Å². The molecule has 4 atom stereocenters. The van der Waals surface area contributed by atoms with E-state index in [1.165, 1.54) is 13.1 Å². The smallest absolute Gasteiger partial charge is 0.333 e. The number of carbonyl (C=O) groups is 1. The van der Waals surface area contributed by atoms with Crippen molar-refractivity contribution in [2.75, 3.05) is 6.61 Å². The third-order valence-electron chi connectivity index (χ3n) is 6.92. The Hall–Kier alpha value is -2.57. The molecular weight excluding hydrogens is 484 g/mol. The molecule has 36 heavy (non-hydrogen) atoms. The van der Waals surface area contributed by atoms with Gasteiger partial charge in [0.15, 0.2) is 14.5 Å². The maximum absolute atomic E-state index is 13.2. The van der Waals surface area contributed by atoms with Crippen LogP contribution in [0.2, 0.25) is 18.1 Å². The first-order valence-corrected chi connectivity index (χ1v) is 14.8.